The lowest BCUT2D eigenvalue weighted by molar-refractivity contribution is -0.519. The number of unbranched alkanes of at least 4 members (excludes halogenated alkanes) is 9. The molecule has 0 atom stereocenters. The Morgan fingerprint density at radius 2 is 1.48 bits per heavy atom. The summed E-state index contributed by atoms with van der Waals surface area (Å²) in [6, 6.07) is 0. The number of nitrogens with two attached hydrogens (primary N) is 1. The third-order valence-corrected chi connectivity index (χ3v) is 4.97. The minimum Gasteiger partial charge on any atom is -1.00 e. The van der Waals surface area contributed by atoms with Gasteiger partial charge in [-0.3, -0.25) is 9.48 Å². The molecule has 0 unspecified atom stereocenters. The zero-order valence-corrected chi connectivity index (χ0v) is 16.4. The summed E-state index contributed by atoms with van der Waals surface area (Å²) >= 11 is 0. The lowest BCUT2D eigenvalue weighted by Gasteiger charge is -2.09. The monoisotopic (exact) mass is 345 g/mol. The Morgan fingerprint density at radius 1 is 0.913 bits per heavy atom. The number of halogens is 1. The number of rotatable bonds is 14. The maximum atomic E-state index is 5.61. The Kier molecular flexibility index (Phi) is 15.1. The van der Waals surface area contributed by atoms with Gasteiger partial charge >= 0.3 is 0 Å². The van der Waals surface area contributed by atoms with Gasteiger partial charge < -0.3 is 18.1 Å². The van der Waals surface area contributed by atoms with Crippen LogP contribution in [0, 0.1) is 0 Å². The topological polar surface area (TPSA) is 32.3 Å². The molecule has 2 N–H and O–H groups in total. The number of hydrogen-bond acceptors (Lipinski definition) is 2. The summed E-state index contributed by atoms with van der Waals surface area (Å²) in [6.07, 6.45) is 15.3. The van der Waals surface area contributed by atoms with E-state index >= 15 is 0 Å². The van der Waals surface area contributed by atoms with E-state index < -0.39 is 0 Å². The molecule has 0 radical (unpaired) electrons. The van der Waals surface area contributed by atoms with Gasteiger partial charge in [0.05, 0.1) is 13.1 Å². The molecular weight excluding hydrogens is 306 g/mol. The van der Waals surface area contributed by atoms with Crippen LogP contribution in [0.1, 0.15) is 84.5 Å². The first-order chi connectivity index (χ1) is 10.8. The highest BCUT2D eigenvalue weighted by Gasteiger charge is 2.25. The summed E-state index contributed by atoms with van der Waals surface area (Å²) in [5, 5.41) is 0. The highest BCUT2D eigenvalue weighted by molar-refractivity contribution is 5.75. The van der Waals surface area contributed by atoms with Gasteiger partial charge in [-0.25, -0.2) is 0 Å². The van der Waals surface area contributed by atoms with Crippen molar-refractivity contribution in [2.45, 2.75) is 84.5 Å². The van der Waals surface area contributed by atoms with E-state index in [0.717, 1.165) is 19.5 Å². The van der Waals surface area contributed by atoms with Crippen LogP contribution in [0.3, 0.4) is 0 Å². The summed E-state index contributed by atoms with van der Waals surface area (Å²) in [5.74, 6) is 1.48. The Balaban J connectivity index is 0.00000484. The Labute approximate surface area is 151 Å². The largest absolute Gasteiger partial charge is 1.00 e. The van der Waals surface area contributed by atoms with E-state index in [1.54, 1.807) is 0 Å². The molecule has 1 aliphatic heterocycles. The first-order valence-electron chi connectivity index (χ1n) is 9.83. The van der Waals surface area contributed by atoms with Crippen molar-refractivity contribution < 1.29 is 17.0 Å². The molecule has 0 amide bonds. The van der Waals surface area contributed by atoms with Crippen LogP contribution < -0.4 is 18.1 Å². The van der Waals surface area contributed by atoms with E-state index in [9.17, 15) is 0 Å². The van der Waals surface area contributed by atoms with Crippen molar-refractivity contribution in [2.24, 2.45) is 5.73 Å². The first kappa shape index (κ1) is 22.7. The third kappa shape index (κ3) is 10.2. The molecule has 3 nitrogen and oxygen atoms in total. The van der Waals surface area contributed by atoms with Gasteiger partial charge in [-0.05, 0) is 25.8 Å². The van der Waals surface area contributed by atoms with Gasteiger partial charge in [0.2, 0.25) is 5.84 Å². The molecule has 0 aliphatic carbocycles. The fraction of sp³-hybridized carbons (Fsp3) is 0.947. The van der Waals surface area contributed by atoms with Gasteiger partial charge in [0.25, 0.3) is 0 Å². The minimum absolute atomic E-state index is 0. The van der Waals surface area contributed by atoms with Gasteiger partial charge in [-0.15, -0.1) is 0 Å². The van der Waals surface area contributed by atoms with Crippen LogP contribution in [0.5, 0.6) is 0 Å². The maximum Gasteiger partial charge on any atom is 0.243 e. The van der Waals surface area contributed by atoms with E-state index in [0.29, 0.717) is 0 Å². The molecule has 4 heteroatoms. The maximum absolute atomic E-state index is 5.61. The molecule has 0 bridgehead atoms. The Morgan fingerprint density at radius 3 is 2.04 bits per heavy atom. The molecule has 0 fully saturated rings. The first-order valence-corrected chi connectivity index (χ1v) is 9.83. The Bertz CT molecular complexity index is 305. The van der Waals surface area contributed by atoms with Gasteiger partial charge in [0.15, 0.2) is 0 Å². The second-order valence-corrected chi connectivity index (χ2v) is 6.85. The molecule has 1 aliphatic rings. The predicted octanol–water partition coefficient (Wildman–Crippen LogP) is 1.01. The lowest BCUT2D eigenvalue weighted by Crippen LogP contribution is -3.00. The molecular formula is C19H40ClN3. The fourth-order valence-electron chi connectivity index (χ4n) is 3.38. The Hall–Kier alpha value is -0.280. The van der Waals surface area contributed by atoms with Gasteiger partial charge in [0, 0.05) is 6.92 Å². The summed E-state index contributed by atoms with van der Waals surface area (Å²) in [4.78, 5) is 2.50. The van der Waals surface area contributed by atoms with E-state index in [1.165, 1.54) is 89.7 Å². The number of nitrogens with zero attached hydrogens (tertiary/aromatic N) is 2. The zero-order valence-electron chi connectivity index (χ0n) is 15.7. The van der Waals surface area contributed by atoms with Gasteiger partial charge in [0.1, 0.15) is 13.1 Å². The number of hydrogen-bond donors (Lipinski definition) is 1. The fourth-order valence-corrected chi connectivity index (χ4v) is 3.38. The molecule has 0 aromatic carbocycles. The van der Waals surface area contributed by atoms with Crippen molar-refractivity contribution in [2.75, 3.05) is 32.7 Å². The van der Waals surface area contributed by atoms with Crippen molar-refractivity contribution >= 4 is 5.84 Å². The normalized spacial score (nSPS) is 14.5. The molecule has 0 spiro atoms. The molecule has 0 aromatic heterocycles. The average molecular weight is 346 g/mol. The summed E-state index contributed by atoms with van der Waals surface area (Å²) in [5.41, 5.74) is 5.61. The van der Waals surface area contributed by atoms with Crippen LogP contribution >= 0.6 is 0 Å². The van der Waals surface area contributed by atoms with Crippen LogP contribution in [-0.2, 0) is 0 Å². The molecule has 0 saturated carbocycles. The second kappa shape index (κ2) is 15.3. The van der Waals surface area contributed by atoms with Crippen molar-refractivity contribution in [3.63, 3.8) is 0 Å². The highest BCUT2D eigenvalue weighted by Crippen LogP contribution is 2.11. The average Bonchev–Trinajstić information content (AvgIpc) is 2.87. The molecule has 138 valence electrons. The van der Waals surface area contributed by atoms with E-state index in [-0.39, 0.29) is 12.4 Å². The van der Waals surface area contributed by atoms with Crippen LogP contribution in [0.4, 0.5) is 0 Å². The van der Waals surface area contributed by atoms with Crippen molar-refractivity contribution in [3.8, 4) is 0 Å². The van der Waals surface area contributed by atoms with E-state index in [4.69, 9.17) is 5.73 Å². The standard InChI is InChI=1S/C19H40N3.ClH/c1-3-4-5-6-7-8-9-10-11-12-15-21-17-18-22(19(21)2)16-13-14-20;/h3-18,20H2,1-2H3;1H/q+1;/p-1. The predicted molar refractivity (Wildman–Crippen MR) is 97.8 cm³/mol. The van der Waals surface area contributed by atoms with Crippen LogP contribution in [-0.4, -0.2) is 48.0 Å². The van der Waals surface area contributed by atoms with Crippen LogP contribution in [0.15, 0.2) is 0 Å². The van der Waals surface area contributed by atoms with Crippen LogP contribution in [0.25, 0.3) is 0 Å². The summed E-state index contributed by atoms with van der Waals surface area (Å²) in [7, 11) is 0. The summed E-state index contributed by atoms with van der Waals surface area (Å²) in [6.45, 7) is 10.2. The highest BCUT2D eigenvalue weighted by atomic mass is 35.5. The molecule has 0 saturated heterocycles. The van der Waals surface area contributed by atoms with Gasteiger partial charge in [-0.1, -0.05) is 58.3 Å². The third-order valence-electron chi connectivity index (χ3n) is 4.97. The second-order valence-electron chi connectivity index (χ2n) is 6.85. The minimum atomic E-state index is 0. The molecule has 1 rings (SSSR count). The van der Waals surface area contributed by atoms with Crippen LogP contribution in [0.2, 0.25) is 0 Å². The molecule has 1 heterocycles. The lowest BCUT2D eigenvalue weighted by atomic mass is 10.1. The summed E-state index contributed by atoms with van der Waals surface area (Å²) < 4.78 is 2.57. The van der Waals surface area contributed by atoms with Crippen molar-refractivity contribution in [3.05, 3.63) is 0 Å². The van der Waals surface area contributed by atoms with Crippen molar-refractivity contribution in [1.82, 2.24) is 4.90 Å². The van der Waals surface area contributed by atoms with E-state index in [1.807, 2.05) is 0 Å². The quantitative estimate of drug-likeness (QED) is 0.376. The molecule has 23 heavy (non-hydrogen) atoms. The number of amidine groups is 1. The zero-order chi connectivity index (χ0) is 16.0. The smallest absolute Gasteiger partial charge is 0.243 e. The molecule has 0 aromatic rings. The SMILES string of the molecule is CCCCCCCCCCCC[N+]1=C(C)N(CCCN)CC1.[Cl-]. The van der Waals surface area contributed by atoms with E-state index in [2.05, 4.69) is 23.3 Å². The van der Waals surface area contributed by atoms with Gasteiger partial charge in [-0.2, -0.15) is 0 Å². The van der Waals surface area contributed by atoms with Crippen molar-refractivity contribution in [1.29, 1.82) is 0 Å².